The highest BCUT2D eigenvalue weighted by atomic mass is 35.5. The highest BCUT2D eigenvalue weighted by molar-refractivity contribution is 7.92. The number of unbranched alkanes of at least 4 members (excludes halogenated alkanes) is 1. The zero-order valence-electron chi connectivity index (χ0n) is 14.6. The molecule has 0 fully saturated rings. The van der Waals surface area contributed by atoms with Gasteiger partial charge in [0.15, 0.2) is 0 Å². The van der Waals surface area contributed by atoms with Crippen LogP contribution in [-0.4, -0.2) is 27.4 Å². The number of halogens is 1. The predicted octanol–water partition coefficient (Wildman–Crippen LogP) is 2.69. The van der Waals surface area contributed by atoms with E-state index in [1.807, 2.05) is 19.1 Å². The third kappa shape index (κ3) is 6.01. The Hall–Kier alpha value is -2.09. The summed E-state index contributed by atoms with van der Waals surface area (Å²) >= 11 is 0. The molecular formula is C18H24ClN3O3S. The molecule has 0 saturated heterocycles. The highest BCUT2D eigenvalue weighted by Crippen LogP contribution is 2.19. The van der Waals surface area contributed by atoms with Gasteiger partial charge in [-0.2, -0.15) is 0 Å². The second kappa shape index (κ2) is 10.2. The van der Waals surface area contributed by atoms with Crippen molar-refractivity contribution < 1.29 is 13.2 Å². The third-order valence-corrected chi connectivity index (χ3v) is 5.11. The summed E-state index contributed by atoms with van der Waals surface area (Å²) < 4.78 is 27.5. The van der Waals surface area contributed by atoms with Gasteiger partial charge in [0, 0.05) is 12.1 Å². The fraction of sp³-hybridized carbons (Fsp3) is 0.278. The molecule has 8 heteroatoms. The Morgan fingerprint density at radius 1 is 1.04 bits per heavy atom. The van der Waals surface area contributed by atoms with Crippen molar-refractivity contribution in [2.45, 2.75) is 24.7 Å². The van der Waals surface area contributed by atoms with Crippen molar-refractivity contribution in [1.82, 2.24) is 5.32 Å². The number of para-hydroxylation sites is 1. The van der Waals surface area contributed by atoms with E-state index in [0.29, 0.717) is 24.3 Å². The van der Waals surface area contributed by atoms with Crippen LogP contribution in [0.3, 0.4) is 0 Å². The lowest BCUT2D eigenvalue weighted by Crippen LogP contribution is -2.25. The van der Waals surface area contributed by atoms with Crippen LogP contribution in [0.5, 0.6) is 0 Å². The highest BCUT2D eigenvalue weighted by Gasteiger charge is 2.16. The van der Waals surface area contributed by atoms with E-state index in [9.17, 15) is 13.2 Å². The van der Waals surface area contributed by atoms with Crippen LogP contribution in [0.1, 0.15) is 28.8 Å². The zero-order chi connectivity index (χ0) is 18.3. The molecule has 1 amide bonds. The average molecular weight is 398 g/mol. The molecule has 2 aromatic rings. The first kappa shape index (κ1) is 22.0. The third-order valence-electron chi connectivity index (χ3n) is 3.73. The topological polar surface area (TPSA) is 101 Å². The van der Waals surface area contributed by atoms with Crippen molar-refractivity contribution in [1.29, 1.82) is 0 Å². The normalized spacial score (nSPS) is 10.7. The van der Waals surface area contributed by atoms with Crippen molar-refractivity contribution in [3.05, 3.63) is 59.7 Å². The van der Waals surface area contributed by atoms with E-state index in [4.69, 9.17) is 5.73 Å². The SMILES string of the molecule is Cc1ccccc1NS(=O)(=O)c1ccc(C(=O)NCCCCN)cc1.Cl. The zero-order valence-corrected chi connectivity index (χ0v) is 16.2. The molecule has 0 spiro atoms. The first-order chi connectivity index (χ1) is 11.9. The lowest BCUT2D eigenvalue weighted by atomic mass is 10.2. The number of aryl methyl sites for hydroxylation is 1. The van der Waals surface area contributed by atoms with Gasteiger partial charge in [-0.25, -0.2) is 8.42 Å². The fourth-order valence-corrected chi connectivity index (χ4v) is 3.38. The standard InChI is InChI=1S/C18H23N3O3S.ClH/c1-14-6-2-3-7-17(14)21-25(23,24)16-10-8-15(9-11-16)18(22)20-13-5-4-12-19;/h2-3,6-11,21H,4-5,12-13,19H2,1H3,(H,20,22);1H. The molecule has 2 aromatic carbocycles. The molecule has 0 aliphatic heterocycles. The van der Waals surface area contributed by atoms with Crippen molar-refractivity contribution in [2.24, 2.45) is 5.73 Å². The van der Waals surface area contributed by atoms with Crippen LogP contribution >= 0.6 is 12.4 Å². The van der Waals surface area contributed by atoms with Crippen molar-refractivity contribution in [3.63, 3.8) is 0 Å². The maximum Gasteiger partial charge on any atom is 0.261 e. The number of anilines is 1. The van der Waals surface area contributed by atoms with Crippen molar-refractivity contribution >= 4 is 34.0 Å². The van der Waals surface area contributed by atoms with Crippen LogP contribution in [0.2, 0.25) is 0 Å². The number of hydrogen-bond acceptors (Lipinski definition) is 4. The summed E-state index contributed by atoms with van der Waals surface area (Å²) in [5, 5.41) is 2.78. The van der Waals surface area contributed by atoms with Crippen LogP contribution in [0.15, 0.2) is 53.4 Å². The molecule has 0 aromatic heterocycles. The van der Waals surface area contributed by atoms with Crippen LogP contribution in [0, 0.1) is 6.92 Å². The van der Waals surface area contributed by atoms with Gasteiger partial charge in [-0.3, -0.25) is 9.52 Å². The Balaban J connectivity index is 0.00000338. The second-order valence-corrected chi connectivity index (χ2v) is 7.38. The number of nitrogens with two attached hydrogens (primary N) is 1. The molecule has 26 heavy (non-hydrogen) atoms. The van der Waals surface area contributed by atoms with Gasteiger partial charge in [-0.05, 0) is 62.2 Å². The summed E-state index contributed by atoms with van der Waals surface area (Å²) in [5.74, 6) is -0.229. The Bertz CT molecular complexity index is 824. The predicted molar refractivity (Wildman–Crippen MR) is 106 cm³/mol. The lowest BCUT2D eigenvalue weighted by Gasteiger charge is -2.11. The molecule has 0 unspecified atom stereocenters. The monoisotopic (exact) mass is 397 g/mol. The summed E-state index contributed by atoms with van der Waals surface area (Å²) in [5.41, 5.74) is 7.19. The number of sulfonamides is 1. The lowest BCUT2D eigenvalue weighted by molar-refractivity contribution is 0.0953. The summed E-state index contributed by atoms with van der Waals surface area (Å²) in [6, 6.07) is 13.0. The van der Waals surface area contributed by atoms with E-state index >= 15 is 0 Å². The van der Waals surface area contributed by atoms with E-state index in [1.54, 1.807) is 12.1 Å². The Kier molecular flexibility index (Phi) is 8.57. The van der Waals surface area contributed by atoms with E-state index in [2.05, 4.69) is 10.0 Å². The van der Waals surface area contributed by atoms with Crippen LogP contribution < -0.4 is 15.8 Å². The fourth-order valence-electron chi connectivity index (χ4n) is 2.25. The Morgan fingerprint density at radius 3 is 2.31 bits per heavy atom. The van der Waals surface area contributed by atoms with Gasteiger partial charge in [0.05, 0.1) is 10.6 Å². The minimum Gasteiger partial charge on any atom is -0.352 e. The Labute approximate surface area is 160 Å². The maximum absolute atomic E-state index is 12.5. The van der Waals surface area contributed by atoms with Crippen molar-refractivity contribution in [3.8, 4) is 0 Å². The molecule has 2 rings (SSSR count). The van der Waals surface area contributed by atoms with Gasteiger partial charge in [0.1, 0.15) is 0 Å². The molecular weight excluding hydrogens is 374 g/mol. The largest absolute Gasteiger partial charge is 0.352 e. The molecule has 142 valence electrons. The first-order valence-corrected chi connectivity index (χ1v) is 9.59. The summed E-state index contributed by atoms with van der Waals surface area (Å²) in [6.07, 6.45) is 1.66. The quantitative estimate of drug-likeness (QED) is 0.596. The number of benzene rings is 2. The summed E-state index contributed by atoms with van der Waals surface area (Å²) in [6.45, 7) is 2.97. The molecule has 0 aliphatic carbocycles. The molecule has 0 bridgehead atoms. The maximum atomic E-state index is 12.5. The van der Waals surface area contributed by atoms with Crippen LogP contribution in [0.4, 0.5) is 5.69 Å². The minimum absolute atomic E-state index is 0. The molecule has 0 radical (unpaired) electrons. The van der Waals surface area contributed by atoms with Crippen LogP contribution in [-0.2, 0) is 10.0 Å². The number of rotatable bonds is 8. The van der Waals surface area contributed by atoms with E-state index in [-0.39, 0.29) is 23.2 Å². The first-order valence-electron chi connectivity index (χ1n) is 8.11. The number of carbonyl (C=O) groups is 1. The smallest absolute Gasteiger partial charge is 0.261 e. The molecule has 0 heterocycles. The van der Waals surface area contributed by atoms with E-state index < -0.39 is 10.0 Å². The molecule has 0 aliphatic rings. The molecule has 4 N–H and O–H groups in total. The summed E-state index contributed by atoms with van der Waals surface area (Å²) in [7, 11) is -3.70. The van der Waals surface area contributed by atoms with Gasteiger partial charge >= 0.3 is 0 Å². The molecule has 6 nitrogen and oxygen atoms in total. The second-order valence-electron chi connectivity index (χ2n) is 5.70. The van der Waals surface area contributed by atoms with Gasteiger partial charge in [0.2, 0.25) is 0 Å². The molecule has 0 saturated carbocycles. The number of nitrogens with one attached hydrogen (secondary N) is 2. The summed E-state index contributed by atoms with van der Waals surface area (Å²) in [4.78, 5) is 12.1. The van der Waals surface area contributed by atoms with Gasteiger partial charge in [0.25, 0.3) is 15.9 Å². The Morgan fingerprint density at radius 2 is 1.69 bits per heavy atom. The molecule has 0 atom stereocenters. The van der Waals surface area contributed by atoms with Crippen LogP contribution in [0.25, 0.3) is 0 Å². The number of amides is 1. The van der Waals surface area contributed by atoms with E-state index in [0.717, 1.165) is 18.4 Å². The van der Waals surface area contributed by atoms with Gasteiger partial charge in [-0.15, -0.1) is 12.4 Å². The van der Waals surface area contributed by atoms with Crippen molar-refractivity contribution in [2.75, 3.05) is 17.8 Å². The average Bonchev–Trinajstić information content (AvgIpc) is 2.60. The van der Waals surface area contributed by atoms with Gasteiger partial charge < -0.3 is 11.1 Å². The number of hydrogen-bond donors (Lipinski definition) is 3. The minimum atomic E-state index is -3.70. The number of carbonyl (C=O) groups excluding carboxylic acids is 1. The van der Waals surface area contributed by atoms with E-state index in [1.165, 1.54) is 24.3 Å². The van der Waals surface area contributed by atoms with Gasteiger partial charge in [-0.1, -0.05) is 18.2 Å².